The molecule has 0 spiro atoms. The molecule has 0 saturated heterocycles. The Balaban J connectivity index is 1.62. The number of benzene rings is 4. The second kappa shape index (κ2) is 11.2. The number of para-hydroxylation sites is 1. The lowest BCUT2D eigenvalue weighted by Gasteiger charge is -2.11. The van der Waals surface area contributed by atoms with Crippen molar-refractivity contribution in [1.29, 1.82) is 0 Å². The van der Waals surface area contributed by atoms with Crippen LogP contribution in [0.1, 0.15) is 17.3 Å². The number of ether oxygens (including phenoxy) is 2. The van der Waals surface area contributed by atoms with E-state index in [-0.39, 0.29) is 11.8 Å². The highest BCUT2D eigenvalue weighted by atomic mass is 35.5. The molecule has 5 rings (SSSR count). The molecule has 39 heavy (non-hydrogen) atoms. The zero-order valence-corrected chi connectivity index (χ0v) is 22.0. The summed E-state index contributed by atoms with van der Waals surface area (Å²) in [6, 6.07) is 31.0. The molecular formula is C31H24ClN3O4. The summed E-state index contributed by atoms with van der Waals surface area (Å²) in [5.41, 5.74) is 4.42. The predicted molar refractivity (Wildman–Crippen MR) is 152 cm³/mol. The number of aromatic nitrogens is 2. The Kier molecular flexibility index (Phi) is 7.43. The number of anilines is 1. The van der Waals surface area contributed by atoms with Crippen molar-refractivity contribution in [3.05, 3.63) is 114 Å². The molecule has 0 fully saturated rings. The average Bonchev–Trinajstić information content (AvgIpc) is 3.32. The number of nitrogens with one attached hydrogen (secondary N) is 1. The van der Waals surface area contributed by atoms with Crippen LogP contribution in [0.4, 0.5) is 5.69 Å². The Bertz CT molecular complexity index is 1650. The average molecular weight is 538 g/mol. The minimum atomic E-state index is -0.478. The monoisotopic (exact) mass is 537 g/mol. The number of carbonyl (C=O) groups excluding carboxylic acids is 2. The molecule has 0 aliphatic rings. The molecule has 5 aromatic rings. The minimum Gasteiger partial charge on any atom is -0.497 e. The fourth-order valence-corrected chi connectivity index (χ4v) is 4.40. The molecule has 0 saturated carbocycles. The van der Waals surface area contributed by atoms with Crippen molar-refractivity contribution < 1.29 is 19.1 Å². The first-order valence-electron chi connectivity index (χ1n) is 12.1. The van der Waals surface area contributed by atoms with Crippen LogP contribution in [0.5, 0.6) is 11.6 Å². The molecule has 0 aliphatic carbocycles. The van der Waals surface area contributed by atoms with E-state index in [1.165, 1.54) is 6.92 Å². The fraction of sp³-hybridized carbons (Fsp3) is 0.0645. The predicted octanol–water partition coefficient (Wildman–Crippen LogP) is 7.05. The Morgan fingerprint density at radius 1 is 0.846 bits per heavy atom. The van der Waals surface area contributed by atoms with Gasteiger partial charge in [0, 0.05) is 18.2 Å². The van der Waals surface area contributed by atoms with Crippen LogP contribution in [0.2, 0.25) is 5.02 Å². The normalized spacial score (nSPS) is 10.6. The lowest BCUT2D eigenvalue weighted by Crippen LogP contribution is -2.12. The van der Waals surface area contributed by atoms with Gasteiger partial charge in [-0.25, -0.2) is 0 Å². The lowest BCUT2D eigenvalue weighted by atomic mass is 10.0. The van der Waals surface area contributed by atoms with Gasteiger partial charge in [-0.3, -0.25) is 9.59 Å². The van der Waals surface area contributed by atoms with Crippen molar-refractivity contribution in [3.63, 3.8) is 0 Å². The van der Waals surface area contributed by atoms with Crippen LogP contribution in [-0.2, 0) is 4.79 Å². The maximum absolute atomic E-state index is 12.7. The highest BCUT2D eigenvalue weighted by molar-refractivity contribution is 6.34. The quantitative estimate of drug-likeness (QED) is 0.225. The zero-order valence-electron chi connectivity index (χ0n) is 21.2. The van der Waals surface area contributed by atoms with Crippen LogP contribution in [0, 0.1) is 0 Å². The van der Waals surface area contributed by atoms with Crippen LogP contribution in [0.3, 0.4) is 0 Å². The van der Waals surface area contributed by atoms with Gasteiger partial charge >= 0.3 is 5.97 Å². The smallest absolute Gasteiger partial charge is 0.309 e. The lowest BCUT2D eigenvalue weighted by molar-refractivity contribution is -0.132. The van der Waals surface area contributed by atoms with E-state index in [9.17, 15) is 9.59 Å². The van der Waals surface area contributed by atoms with Crippen molar-refractivity contribution in [2.75, 3.05) is 12.4 Å². The van der Waals surface area contributed by atoms with Crippen molar-refractivity contribution >= 4 is 29.2 Å². The number of amides is 1. The van der Waals surface area contributed by atoms with Gasteiger partial charge in [0.05, 0.1) is 28.9 Å². The highest BCUT2D eigenvalue weighted by Crippen LogP contribution is 2.41. The number of carbonyl (C=O) groups is 2. The summed E-state index contributed by atoms with van der Waals surface area (Å²) in [5.74, 6) is 0.149. The molecule has 1 aromatic heterocycles. The Hall–Kier alpha value is -4.88. The third kappa shape index (κ3) is 5.54. The van der Waals surface area contributed by atoms with E-state index in [0.717, 1.165) is 16.8 Å². The Morgan fingerprint density at radius 3 is 2.26 bits per heavy atom. The largest absolute Gasteiger partial charge is 0.497 e. The molecule has 0 atom stereocenters. The van der Waals surface area contributed by atoms with Gasteiger partial charge < -0.3 is 14.8 Å². The van der Waals surface area contributed by atoms with Crippen LogP contribution < -0.4 is 14.8 Å². The molecule has 8 heteroatoms. The van der Waals surface area contributed by atoms with E-state index >= 15 is 0 Å². The number of methoxy groups -OCH3 is 1. The van der Waals surface area contributed by atoms with Gasteiger partial charge in [0.1, 0.15) is 11.4 Å². The standard InChI is InChI=1S/C31H24ClN3O4/c1-20(36)39-31-28(21-15-17-23(18-16-21)33-30(37)26-13-6-7-14-27(26)32)29(22-9-8-12-25(19-22)38-2)34-35(31)24-10-4-3-5-11-24/h3-19H,1-2H3,(H,33,37). The first kappa shape index (κ1) is 25.8. The fourth-order valence-electron chi connectivity index (χ4n) is 4.17. The Labute approximate surface area is 230 Å². The summed E-state index contributed by atoms with van der Waals surface area (Å²) in [6.07, 6.45) is 0. The molecule has 194 valence electrons. The van der Waals surface area contributed by atoms with Gasteiger partial charge in [0.15, 0.2) is 0 Å². The van der Waals surface area contributed by atoms with Crippen LogP contribution in [-0.4, -0.2) is 28.8 Å². The van der Waals surface area contributed by atoms with Crippen molar-refractivity contribution in [2.24, 2.45) is 0 Å². The summed E-state index contributed by atoms with van der Waals surface area (Å²) in [7, 11) is 1.60. The number of halogens is 1. The molecular weight excluding hydrogens is 514 g/mol. The third-order valence-corrected chi connectivity index (χ3v) is 6.31. The molecule has 0 bridgehead atoms. The first-order chi connectivity index (χ1) is 18.9. The van der Waals surface area contributed by atoms with E-state index in [4.69, 9.17) is 26.2 Å². The molecule has 4 aromatic carbocycles. The van der Waals surface area contributed by atoms with E-state index in [2.05, 4.69) is 5.32 Å². The summed E-state index contributed by atoms with van der Waals surface area (Å²) in [5, 5.41) is 8.12. The van der Waals surface area contributed by atoms with Gasteiger partial charge in [-0.05, 0) is 54.1 Å². The number of nitrogens with zero attached hydrogens (tertiary/aromatic N) is 2. The topological polar surface area (TPSA) is 82.4 Å². The molecule has 0 aliphatic heterocycles. The number of hydrogen-bond donors (Lipinski definition) is 1. The summed E-state index contributed by atoms with van der Waals surface area (Å²) >= 11 is 6.18. The molecule has 1 N–H and O–H groups in total. The van der Waals surface area contributed by atoms with Gasteiger partial charge in [-0.1, -0.05) is 66.2 Å². The summed E-state index contributed by atoms with van der Waals surface area (Å²) in [4.78, 5) is 25.0. The van der Waals surface area contributed by atoms with Gasteiger partial charge in [0.2, 0.25) is 5.88 Å². The SMILES string of the molecule is COc1cccc(-c2nn(-c3ccccc3)c(OC(C)=O)c2-c2ccc(NC(=O)c3ccccc3Cl)cc2)c1. The van der Waals surface area contributed by atoms with E-state index in [0.29, 0.717) is 33.3 Å². The number of hydrogen-bond acceptors (Lipinski definition) is 5. The van der Waals surface area contributed by atoms with Gasteiger partial charge in [-0.2, -0.15) is 9.78 Å². The molecule has 7 nitrogen and oxygen atoms in total. The van der Waals surface area contributed by atoms with Crippen molar-refractivity contribution in [2.45, 2.75) is 6.92 Å². The molecule has 0 radical (unpaired) electrons. The second-order valence-corrected chi connectivity index (χ2v) is 9.02. The highest BCUT2D eigenvalue weighted by Gasteiger charge is 2.25. The molecule has 1 amide bonds. The maximum atomic E-state index is 12.7. The van der Waals surface area contributed by atoms with E-state index in [1.807, 2.05) is 66.7 Å². The number of esters is 1. The minimum absolute atomic E-state index is 0.277. The Morgan fingerprint density at radius 2 is 1.56 bits per heavy atom. The molecule has 1 heterocycles. The third-order valence-electron chi connectivity index (χ3n) is 5.98. The summed E-state index contributed by atoms with van der Waals surface area (Å²) < 4.78 is 12.8. The van der Waals surface area contributed by atoms with Gasteiger partial charge in [-0.15, -0.1) is 0 Å². The maximum Gasteiger partial charge on any atom is 0.309 e. The van der Waals surface area contributed by atoms with Crippen LogP contribution in [0.15, 0.2) is 103 Å². The zero-order chi connectivity index (χ0) is 27.4. The first-order valence-corrected chi connectivity index (χ1v) is 12.5. The van der Waals surface area contributed by atoms with Crippen LogP contribution >= 0.6 is 11.6 Å². The van der Waals surface area contributed by atoms with E-state index in [1.54, 1.807) is 48.2 Å². The number of rotatable bonds is 7. The van der Waals surface area contributed by atoms with Crippen molar-refractivity contribution in [1.82, 2.24) is 9.78 Å². The van der Waals surface area contributed by atoms with E-state index < -0.39 is 5.97 Å². The second-order valence-electron chi connectivity index (χ2n) is 8.61. The molecule has 0 unspecified atom stereocenters. The van der Waals surface area contributed by atoms with Gasteiger partial charge in [0.25, 0.3) is 5.91 Å². The summed E-state index contributed by atoms with van der Waals surface area (Å²) in [6.45, 7) is 1.35. The van der Waals surface area contributed by atoms with Crippen LogP contribution in [0.25, 0.3) is 28.1 Å². The van der Waals surface area contributed by atoms with Crippen molar-refractivity contribution in [3.8, 4) is 39.7 Å².